The van der Waals surface area contributed by atoms with Gasteiger partial charge in [-0.15, -0.1) is 0 Å². The van der Waals surface area contributed by atoms with E-state index >= 15 is 0 Å². The van der Waals surface area contributed by atoms with Crippen LogP contribution in [0.4, 0.5) is 5.69 Å². The van der Waals surface area contributed by atoms with Crippen LogP contribution in [0, 0.1) is 12.8 Å². The fourth-order valence-corrected chi connectivity index (χ4v) is 2.64. The summed E-state index contributed by atoms with van der Waals surface area (Å²) in [6.07, 6.45) is 5.35. The summed E-state index contributed by atoms with van der Waals surface area (Å²) in [5.41, 5.74) is 9.73. The first-order chi connectivity index (χ1) is 7.16. The Morgan fingerprint density at radius 1 is 1.13 bits per heavy atom. The summed E-state index contributed by atoms with van der Waals surface area (Å²) in [6.45, 7) is 4.46. The van der Waals surface area contributed by atoms with Crippen molar-refractivity contribution in [3.63, 3.8) is 0 Å². The molecule has 0 radical (unpaired) electrons. The third-order valence-electron chi connectivity index (χ3n) is 3.70. The largest absolute Gasteiger partial charge is 0.398 e. The van der Waals surface area contributed by atoms with E-state index in [1.54, 1.807) is 0 Å². The van der Waals surface area contributed by atoms with Crippen LogP contribution in [0.1, 0.15) is 49.7 Å². The third kappa shape index (κ3) is 2.34. The molecule has 0 aromatic heterocycles. The molecule has 1 aromatic rings. The van der Waals surface area contributed by atoms with Gasteiger partial charge < -0.3 is 5.73 Å². The van der Waals surface area contributed by atoms with Gasteiger partial charge in [-0.3, -0.25) is 0 Å². The topological polar surface area (TPSA) is 26.0 Å². The SMILES string of the molecule is Cc1ccc(C2CCC(C)CC2)c(N)c1. The van der Waals surface area contributed by atoms with Crippen LogP contribution in [0.5, 0.6) is 0 Å². The maximum absolute atomic E-state index is 6.09. The quantitative estimate of drug-likeness (QED) is 0.689. The monoisotopic (exact) mass is 203 g/mol. The molecule has 0 atom stereocenters. The number of hydrogen-bond acceptors (Lipinski definition) is 1. The molecule has 2 rings (SSSR count). The van der Waals surface area contributed by atoms with Crippen molar-refractivity contribution in [2.75, 3.05) is 5.73 Å². The Hall–Kier alpha value is -0.980. The van der Waals surface area contributed by atoms with Crippen LogP contribution in [0.3, 0.4) is 0 Å². The highest BCUT2D eigenvalue weighted by molar-refractivity contribution is 5.50. The molecule has 1 saturated carbocycles. The first-order valence-electron chi connectivity index (χ1n) is 6.03. The van der Waals surface area contributed by atoms with Crippen molar-refractivity contribution in [2.45, 2.75) is 45.4 Å². The predicted molar refractivity (Wildman–Crippen MR) is 66.0 cm³/mol. The Morgan fingerprint density at radius 3 is 2.40 bits per heavy atom. The van der Waals surface area contributed by atoms with E-state index in [-0.39, 0.29) is 0 Å². The molecule has 1 aliphatic carbocycles. The van der Waals surface area contributed by atoms with E-state index in [1.165, 1.54) is 36.8 Å². The Morgan fingerprint density at radius 2 is 1.80 bits per heavy atom. The molecule has 2 N–H and O–H groups in total. The van der Waals surface area contributed by atoms with Crippen molar-refractivity contribution < 1.29 is 0 Å². The number of hydrogen-bond donors (Lipinski definition) is 1. The van der Waals surface area contributed by atoms with Crippen molar-refractivity contribution >= 4 is 5.69 Å². The normalized spacial score (nSPS) is 26.5. The summed E-state index contributed by atoms with van der Waals surface area (Å²) < 4.78 is 0. The molecule has 0 aliphatic heterocycles. The van der Waals surface area contributed by atoms with Gasteiger partial charge in [0.15, 0.2) is 0 Å². The summed E-state index contributed by atoms with van der Waals surface area (Å²) >= 11 is 0. The van der Waals surface area contributed by atoms with E-state index in [0.29, 0.717) is 5.92 Å². The third-order valence-corrected chi connectivity index (χ3v) is 3.70. The Labute approximate surface area is 92.7 Å². The molecule has 0 amide bonds. The summed E-state index contributed by atoms with van der Waals surface area (Å²) in [5, 5.41) is 0. The van der Waals surface area contributed by atoms with Crippen LogP contribution in [-0.2, 0) is 0 Å². The Balaban J connectivity index is 2.15. The summed E-state index contributed by atoms with van der Waals surface area (Å²) in [4.78, 5) is 0. The van der Waals surface area contributed by atoms with Crippen molar-refractivity contribution in [1.82, 2.24) is 0 Å². The lowest BCUT2D eigenvalue weighted by Crippen LogP contribution is -2.12. The molecule has 0 heterocycles. The highest BCUT2D eigenvalue weighted by Gasteiger charge is 2.20. The average Bonchev–Trinajstić information content (AvgIpc) is 2.20. The lowest BCUT2D eigenvalue weighted by molar-refractivity contribution is 0.348. The van der Waals surface area contributed by atoms with Gasteiger partial charge in [0.25, 0.3) is 0 Å². The molecule has 1 aromatic carbocycles. The van der Waals surface area contributed by atoms with Crippen molar-refractivity contribution in [3.8, 4) is 0 Å². The molecule has 0 unspecified atom stereocenters. The van der Waals surface area contributed by atoms with Gasteiger partial charge in [0.2, 0.25) is 0 Å². The van der Waals surface area contributed by atoms with Gasteiger partial charge in [-0.05, 0) is 48.8 Å². The molecule has 1 aliphatic rings. The van der Waals surface area contributed by atoms with E-state index < -0.39 is 0 Å². The molecular weight excluding hydrogens is 182 g/mol. The van der Waals surface area contributed by atoms with Crippen LogP contribution in [-0.4, -0.2) is 0 Å². The second-order valence-corrected chi connectivity index (χ2v) is 5.09. The zero-order valence-electron chi connectivity index (χ0n) is 9.79. The van der Waals surface area contributed by atoms with E-state index in [9.17, 15) is 0 Å². The summed E-state index contributed by atoms with van der Waals surface area (Å²) in [7, 11) is 0. The van der Waals surface area contributed by atoms with Crippen molar-refractivity contribution in [3.05, 3.63) is 29.3 Å². The lowest BCUT2D eigenvalue weighted by atomic mass is 9.79. The maximum Gasteiger partial charge on any atom is 0.0352 e. The second kappa shape index (κ2) is 4.26. The maximum atomic E-state index is 6.09. The van der Waals surface area contributed by atoms with Gasteiger partial charge in [0.05, 0.1) is 0 Å². The standard InChI is InChI=1S/C14H21N/c1-10-3-6-12(7-4-10)13-8-5-11(2)9-14(13)15/h5,8-10,12H,3-4,6-7,15H2,1-2H3. The Kier molecular flexibility index (Phi) is 2.99. The van der Waals surface area contributed by atoms with Crippen molar-refractivity contribution in [1.29, 1.82) is 0 Å². The number of nitrogens with two attached hydrogens (primary N) is 1. The minimum absolute atomic E-state index is 0.710. The van der Waals surface area contributed by atoms with Gasteiger partial charge in [0, 0.05) is 5.69 Å². The number of aryl methyl sites for hydroxylation is 1. The minimum atomic E-state index is 0.710. The number of benzene rings is 1. The van der Waals surface area contributed by atoms with Gasteiger partial charge >= 0.3 is 0 Å². The van der Waals surface area contributed by atoms with E-state index in [0.717, 1.165) is 11.6 Å². The summed E-state index contributed by atoms with van der Waals surface area (Å²) in [5.74, 6) is 1.62. The molecular formula is C14H21N. The van der Waals surface area contributed by atoms with Gasteiger partial charge in [-0.25, -0.2) is 0 Å². The molecule has 1 fully saturated rings. The summed E-state index contributed by atoms with van der Waals surface area (Å²) in [6, 6.07) is 6.52. The first-order valence-corrected chi connectivity index (χ1v) is 6.03. The molecule has 0 spiro atoms. The van der Waals surface area contributed by atoms with Crippen LogP contribution >= 0.6 is 0 Å². The van der Waals surface area contributed by atoms with E-state index in [1.807, 2.05) is 0 Å². The molecule has 0 bridgehead atoms. The fourth-order valence-electron chi connectivity index (χ4n) is 2.64. The average molecular weight is 203 g/mol. The minimum Gasteiger partial charge on any atom is -0.398 e. The number of rotatable bonds is 1. The predicted octanol–water partition coefficient (Wildman–Crippen LogP) is 3.87. The smallest absolute Gasteiger partial charge is 0.0352 e. The fraction of sp³-hybridized carbons (Fsp3) is 0.571. The molecule has 15 heavy (non-hydrogen) atoms. The van der Waals surface area contributed by atoms with Crippen LogP contribution in [0.2, 0.25) is 0 Å². The highest BCUT2D eigenvalue weighted by atomic mass is 14.6. The Bertz CT molecular complexity index is 335. The van der Waals surface area contributed by atoms with E-state index in [2.05, 4.69) is 32.0 Å². The highest BCUT2D eigenvalue weighted by Crippen LogP contribution is 2.37. The van der Waals surface area contributed by atoms with E-state index in [4.69, 9.17) is 5.73 Å². The van der Waals surface area contributed by atoms with Gasteiger partial charge in [-0.1, -0.05) is 31.9 Å². The van der Waals surface area contributed by atoms with Gasteiger partial charge in [0.1, 0.15) is 0 Å². The number of nitrogen functional groups attached to an aromatic ring is 1. The van der Waals surface area contributed by atoms with Crippen LogP contribution < -0.4 is 5.73 Å². The van der Waals surface area contributed by atoms with Crippen molar-refractivity contribution in [2.24, 2.45) is 5.92 Å². The molecule has 1 heteroatoms. The lowest BCUT2D eigenvalue weighted by Gasteiger charge is -2.27. The van der Waals surface area contributed by atoms with Crippen LogP contribution in [0.25, 0.3) is 0 Å². The van der Waals surface area contributed by atoms with Gasteiger partial charge in [-0.2, -0.15) is 0 Å². The number of anilines is 1. The molecule has 0 saturated heterocycles. The van der Waals surface area contributed by atoms with Crippen LogP contribution in [0.15, 0.2) is 18.2 Å². The second-order valence-electron chi connectivity index (χ2n) is 5.09. The first kappa shape index (κ1) is 10.5. The molecule has 1 nitrogen and oxygen atoms in total. The zero-order chi connectivity index (χ0) is 10.8. The molecule has 82 valence electrons. The zero-order valence-corrected chi connectivity index (χ0v) is 9.79.